The van der Waals surface area contributed by atoms with Crippen LogP contribution in [0.3, 0.4) is 0 Å². The number of fused-ring (bicyclic) bond motifs is 1. The summed E-state index contributed by atoms with van der Waals surface area (Å²) >= 11 is 0. The first-order valence-electron chi connectivity index (χ1n) is 11.9. The molecule has 2 amide bonds. The summed E-state index contributed by atoms with van der Waals surface area (Å²) in [5.41, 5.74) is 3.00. The lowest BCUT2D eigenvalue weighted by Gasteiger charge is -2.21. The lowest BCUT2D eigenvalue weighted by atomic mass is 10.0. The Labute approximate surface area is 205 Å². The number of carbonyl (C=O) groups excluding carboxylic acids is 2. The highest BCUT2D eigenvalue weighted by Crippen LogP contribution is 2.21. The van der Waals surface area contributed by atoms with E-state index in [2.05, 4.69) is 15.6 Å². The minimum absolute atomic E-state index is 0.0312. The predicted octanol–water partition coefficient (Wildman–Crippen LogP) is 5.00. The number of para-hydroxylation sites is 2. The highest BCUT2D eigenvalue weighted by molar-refractivity contribution is 5.92. The summed E-state index contributed by atoms with van der Waals surface area (Å²) in [7, 11) is 0. The Balaban J connectivity index is 1.26. The average Bonchev–Trinajstić information content (AvgIpc) is 3.26. The first-order chi connectivity index (χ1) is 17.0. The molecule has 180 valence electrons. The summed E-state index contributed by atoms with van der Waals surface area (Å²) in [6, 6.07) is 24.7. The predicted molar refractivity (Wildman–Crippen MR) is 138 cm³/mol. The number of benzene rings is 3. The van der Waals surface area contributed by atoms with Gasteiger partial charge in [-0.15, -0.1) is 0 Å². The molecule has 1 atom stereocenters. The summed E-state index contributed by atoms with van der Waals surface area (Å²) in [4.78, 5) is 28.7. The Kier molecular flexibility index (Phi) is 7.83. The van der Waals surface area contributed by atoms with E-state index < -0.39 is 6.04 Å². The van der Waals surface area contributed by atoms with Crippen molar-refractivity contribution in [2.45, 2.75) is 32.7 Å². The SMILES string of the molecule is CC(C)C(NC(=O)Cc1c[nH]c2ccccc12)C(=O)NCCc1ccc(Oc2ccccc2)cc1. The number of ether oxygens (including phenoxy) is 1. The van der Waals surface area contributed by atoms with E-state index in [1.807, 2.05) is 98.9 Å². The molecule has 1 unspecified atom stereocenters. The van der Waals surface area contributed by atoms with Crippen LogP contribution in [0.5, 0.6) is 11.5 Å². The zero-order valence-electron chi connectivity index (χ0n) is 20.1. The van der Waals surface area contributed by atoms with Crippen LogP contribution in [0.25, 0.3) is 10.9 Å². The molecule has 0 aliphatic heterocycles. The Morgan fingerprint density at radius 1 is 0.886 bits per heavy atom. The summed E-state index contributed by atoms with van der Waals surface area (Å²) in [5.74, 6) is 1.19. The van der Waals surface area contributed by atoms with Gasteiger partial charge in [0.1, 0.15) is 17.5 Å². The van der Waals surface area contributed by atoms with Crippen LogP contribution in [-0.4, -0.2) is 29.4 Å². The summed E-state index contributed by atoms with van der Waals surface area (Å²) in [5, 5.41) is 6.91. The number of nitrogens with one attached hydrogen (secondary N) is 3. The Morgan fingerprint density at radius 2 is 1.57 bits per heavy atom. The average molecular weight is 470 g/mol. The molecule has 6 heteroatoms. The molecule has 0 saturated heterocycles. The molecule has 1 aromatic heterocycles. The molecule has 1 heterocycles. The number of aromatic amines is 1. The van der Waals surface area contributed by atoms with Gasteiger partial charge in [-0.2, -0.15) is 0 Å². The number of aromatic nitrogens is 1. The zero-order chi connectivity index (χ0) is 24.6. The van der Waals surface area contributed by atoms with Crippen LogP contribution < -0.4 is 15.4 Å². The molecule has 35 heavy (non-hydrogen) atoms. The van der Waals surface area contributed by atoms with Crippen LogP contribution in [0.1, 0.15) is 25.0 Å². The van der Waals surface area contributed by atoms with Crippen LogP contribution in [0.4, 0.5) is 0 Å². The smallest absolute Gasteiger partial charge is 0.242 e. The number of rotatable bonds is 10. The van der Waals surface area contributed by atoms with Gasteiger partial charge in [0.25, 0.3) is 0 Å². The van der Waals surface area contributed by atoms with Gasteiger partial charge in [-0.3, -0.25) is 9.59 Å². The second-order valence-electron chi connectivity index (χ2n) is 8.93. The van der Waals surface area contributed by atoms with Crippen LogP contribution in [0.2, 0.25) is 0 Å². The van der Waals surface area contributed by atoms with Crippen molar-refractivity contribution in [1.29, 1.82) is 0 Å². The molecular formula is C29H31N3O3. The maximum absolute atomic E-state index is 12.8. The van der Waals surface area contributed by atoms with Crippen molar-refractivity contribution in [3.05, 3.63) is 96.2 Å². The molecule has 0 aliphatic carbocycles. The van der Waals surface area contributed by atoms with Gasteiger partial charge in [0.2, 0.25) is 11.8 Å². The summed E-state index contributed by atoms with van der Waals surface area (Å²) in [6.07, 6.45) is 2.76. The molecule has 0 radical (unpaired) electrons. The summed E-state index contributed by atoms with van der Waals surface area (Å²) in [6.45, 7) is 4.35. The molecule has 0 fully saturated rings. The van der Waals surface area contributed by atoms with Gasteiger partial charge in [0.05, 0.1) is 6.42 Å². The quantitative estimate of drug-likeness (QED) is 0.306. The van der Waals surface area contributed by atoms with Crippen LogP contribution >= 0.6 is 0 Å². The monoisotopic (exact) mass is 469 g/mol. The van der Waals surface area contributed by atoms with Crippen LogP contribution in [-0.2, 0) is 22.4 Å². The Morgan fingerprint density at radius 3 is 2.31 bits per heavy atom. The van der Waals surface area contributed by atoms with Gasteiger partial charge < -0.3 is 20.4 Å². The molecule has 4 rings (SSSR count). The lowest BCUT2D eigenvalue weighted by Crippen LogP contribution is -2.50. The fourth-order valence-corrected chi connectivity index (χ4v) is 4.00. The van der Waals surface area contributed by atoms with E-state index >= 15 is 0 Å². The van der Waals surface area contributed by atoms with E-state index in [-0.39, 0.29) is 24.2 Å². The fraction of sp³-hybridized carbons (Fsp3) is 0.241. The molecule has 0 saturated carbocycles. The molecule has 0 bridgehead atoms. The van der Waals surface area contributed by atoms with Crippen molar-refractivity contribution >= 4 is 22.7 Å². The molecule has 0 aliphatic rings. The second kappa shape index (κ2) is 11.4. The summed E-state index contributed by atoms with van der Waals surface area (Å²) < 4.78 is 5.82. The van der Waals surface area contributed by atoms with Gasteiger partial charge in [0, 0.05) is 23.6 Å². The van der Waals surface area contributed by atoms with Gasteiger partial charge in [0.15, 0.2) is 0 Å². The van der Waals surface area contributed by atoms with Gasteiger partial charge >= 0.3 is 0 Å². The largest absolute Gasteiger partial charge is 0.457 e. The number of amides is 2. The van der Waals surface area contributed by atoms with Gasteiger partial charge in [-0.1, -0.05) is 62.4 Å². The first kappa shape index (κ1) is 24.1. The Bertz CT molecular complexity index is 1260. The van der Waals surface area contributed by atoms with Crippen molar-refractivity contribution in [3.8, 4) is 11.5 Å². The van der Waals surface area contributed by atoms with E-state index in [1.54, 1.807) is 0 Å². The van der Waals surface area contributed by atoms with E-state index in [0.29, 0.717) is 13.0 Å². The van der Waals surface area contributed by atoms with E-state index in [1.165, 1.54) is 0 Å². The number of hydrogen-bond acceptors (Lipinski definition) is 3. The second-order valence-corrected chi connectivity index (χ2v) is 8.93. The van der Waals surface area contributed by atoms with Crippen molar-refractivity contribution < 1.29 is 14.3 Å². The molecular weight excluding hydrogens is 438 g/mol. The lowest BCUT2D eigenvalue weighted by molar-refractivity contribution is -0.129. The minimum Gasteiger partial charge on any atom is -0.457 e. The Hall–Kier alpha value is -4.06. The van der Waals surface area contributed by atoms with Crippen molar-refractivity contribution in [2.75, 3.05) is 6.54 Å². The molecule has 0 spiro atoms. The highest BCUT2D eigenvalue weighted by atomic mass is 16.5. The highest BCUT2D eigenvalue weighted by Gasteiger charge is 2.24. The zero-order valence-corrected chi connectivity index (χ0v) is 20.1. The molecule has 3 N–H and O–H groups in total. The van der Waals surface area contributed by atoms with E-state index in [4.69, 9.17) is 4.74 Å². The molecule has 3 aromatic carbocycles. The van der Waals surface area contributed by atoms with E-state index in [9.17, 15) is 9.59 Å². The van der Waals surface area contributed by atoms with Crippen LogP contribution in [0, 0.1) is 5.92 Å². The topological polar surface area (TPSA) is 83.2 Å². The van der Waals surface area contributed by atoms with E-state index in [0.717, 1.165) is 33.5 Å². The molecule has 6 nitrogen and oxygen atoms in total. The third-order valence-corrected chi connectivity index (χ3v) is 5.91. The number of hydrogen-bond donors (Lipinski definition) is 3. The first-order valence-corrected chi connectivity index (χ1v) is 11.9. The third kappa shape index (κ3) is 6.51. The fourth-order valence-electron chi connectivity index (χ4n) is 4.00. The van der Waals surface area contributed by atoms with Crippen LogP contribution in [0.15, 0.2) is 85.1 Å². The standard InChI is InChI=1S/C29H31N3O3/c1-20(2)28(32-27(33)18-22-19-31-26-11-7-6-10-25(22)26)29(34)30-17-16-21-12-14-24(15-13-21)35-23-8-4-3-5-9-23/h3-15,19-20,28,31H,16-18H2,1-2H3,(H,30,34)(H,32,33). The maximum atomic E-state index is 12.8. The van der Waals surface area contributed by atoms with Gasteiger partial charge in [-0.25, -0.2) is 0 Å². The van der Waals surface area contributed by atoms with Crippen molar-refractivity contribution in [2.24, 2.45) is 5.92 Å². The maximum Gasteiger partial charge on any atom is 0.242 e. The van der Waals surface area contributed by atoms with Gasteiger partial charge in [-0.05, 0) is 53.8 Å². The third-order valence-electron chi connectivity index (χ3n) is 5.91. The van der Waals surface area contributed by atoms with Crippen molar-refractivity contribution in [3.63, 3.8) is 0 Å². The van der Waals surface area contributed by atoms with Crippen molar-refractivity contribution in [1.82, 2.24) is 15.6 Å². The normalized spacial score (nSPS) is 11.9. The number of carbonyl (C=O) groups is 2. The minimum atomic E-state index is -0.589. The number of H-pyrrole nitrogens is 1. The molecule has 4 aromatic rings.